The van der Waals surface area contributed by atoms with Crippen LogP contribution >= 0.6 is 0 Å². The molecule has 8 heteroatoms. The Labute approximate surface area is 119 Å². The van der Waals surface area contributed by atoms with Crippen LogP contribution in [0, 0.1) is 6.92 Å². The Hall–Kier alpha value is -2.90. The summed E-state index contributed by atoms with van der Waals surface area (Å²) < 4.78 is 0. The summed E-state index contributed by atoms with van der Waals surface area (Å²) in [5.41, 5.74) is 0.673. The van der Waals surface area contributed by atoms with E-state index in [0.717, 1.165) is 0 Å². The van der Waals surface area contributed by atoms with Crippen LogP contribution in [0.1, 0.15) is 22.0 Å². The van der Waals surface area contributed by atoms with Gasteiger partial charge in [-0.15, -0.1) is 5.10 Å². The number of nitrogens with one attached hydrogen (secondary N) is 2. The monoisotopic (exact) mass is 290 g/mol. The highest BCUT2D eigenvalue weighted by atomic mass is 16.4. The first-order valence-corrected chi connectivity index (χ1v) is 6.16. The number of aliphatic carboxylic acids is 1. The van der Waals surface area contributed by atoms with Crippen molar-refractivity contribution in [2.24, 2.45) is 0 Å². The van der Waals surface area contributed by atoms with Crippen LogP contribution in [-0.2, 0) is 11.2 Å². The summed E-state index contributed by atoms with van der Waals surface area (Å²) in [7, 11) is 0. The van der Waals surface area contributed by atoms with Crippen molar-refractivity contribution in [3.63, 3.8) is 0 Å². The Balaban J connectivity index is 2.07. The number of benzene rings is 1. The summed E-state index contributed by atoms with van der Waals surface area (Å²) in [5.74, 6) is -1.38. The Morgan fingerprint density at radius 3 is 2.52 bits per heavy atom. The van der Waals surface area contributed by atoms with Crippen molar-refractivity contribution in [1.29, 1.82) is 0 Å². The van der Waals surface area contributed by atoms with Gasteiger partial charge >= 0.3 is 5.97 Å². The number of hydrogen-bond acceptors (Lipinski definition) is 5. The lowest BCUT2D eigenvalue weighted by molar-refractivity contribution is -0.139. The summed E-state index contributed by atoms with van der Waals surface area (Å²) in [6, 6.07) is 4.98. The van der Waals surface area contributed by atoms with Gasteiger partial charge in [-0.3, -0.25) is 9.89 Å². The second-order valence-corrected chi connectivity index (χ2v) is 4.48. The van der Waals surface area contributed by atoms with Crippen LogP contribution in [0.15, 0.2) is 24.3 Å². The molecule has 0 spiro atoms. The van der Waals surface area contributed by atoms with Crippen LogP contribution in [0.3, 0.4) is 0 Å². The fraction of sp³-hybridized carbons (Fsp3) is 0.231. The van der Waals surface area contributed by atoms with E-state index in [-0.39, 0.29) is 18.0 Å². The number of phenols is 1. The molecule has 0 bridgehead atoms. The molecule has 1 atom stereocenters. The van der Waals surface area contributed by atoms with E-state index in [2.05, 4.69) is 20.5 Å². The summed E-state index contributed by atoms with van der Waals surface area (Å²) in [6.07, 6.45) is 0.0881. The number of rotatable bonds is 5. The Morgan fingerprint density at radius 2 is 2.00 bits per heavy atom. The number of aromatic hydroxyl groups is 1. The normalized spacial score (nSPS) is 11.9. The summed E-state index contributed by atoms with van der Waals surface area (Å²) >= 11 is 0. The van der Waals surface area contributed by atoms with Gasteiger partial charge in [-0.25, -0.2) is 9.78 Å². The molecule has 4 N–H and O–H groups in total. The van der Waals surface area contributed by atoms with Crippen molar-refractivity contribution in [2.45, 2.75) is 19.4 Å². The highest BCUT2D eigenvalue weighted by Crippen LogP contribution is 2.11. The van der Waals surface area contributed by atoms with E-state index in [1.54, 1.807) is 19.1 Å². The lowest BCUT2D eigenvalue weighted by atomic mass is 10.1. The largest absolute Gasteiger partial charge is 0.508 e. The van der Waals surface area contributed by atoms with Crippen LogP contribution in [-0.4, -0.2) is 43.3 Å². The van der Waals surface area contributed by atoms with E-state index >= 15 is 0 Å². The highest BCUT2D eigenvalue weighted by molar-refractivity contribution is 5.93. The first kappa shape index (κ1) is 14.5. The molecule has 1 heterocycles. The zero-order chi connectivity index (χ0) is 15.4. The average molecular weight is 290 g/mol. The number of carbonyl (C=O) groups is 2. The predicted octanol–water partition coefficient (Wildman–Crippen LogP) is 0.244. The molecule has 1 aromatic carbocycles. The Kier molecular flexibility index (Phi) is 4.17. The van der Waals surface area contributed by atoms with Gasteiger partial charge < -0.3 is 15.5 Å². The summed E-state index contributed by atoms with van der Waals surface area (Å²) in [5, 5.41) is 26.9. The van der Waals surface area contributed by atoms with E-state index in [1.807, 2.05) is 0 Å². The van der Waals surface area contributed by atoms with Crippen LogP contribution in [0.5, 0.6) is 5.75 Å². The fourth-order valence-electron chi connectivity index (χ4n) is 1.73. The molecule has 21 heavy (non-hydrogen) atoms. The Morgan fingerprint density at radius 1 is 1.33 bits per heavy atom. The van der Waals surface area contributed by atoms with E-state index in [0.29, 0.717) is 11.4 Å². The number of carbonyl (C=O) groups excluding carboxylic acids is 1. The maximum absolute atomic E-state index is 11.9. The highest BCUT2D eigenvalue weighted by Gasteiger charge is 2.23. The van der Waals surface area contributed by atoms with E-state index < -0.39 is 17.9 Å². The number of aromatic amines is 1. The number of hydrogen-bond donors (Lipinski definition) is 4. The van der Waals surface area contributed by atoms with Gasteiger partial charge in [0.1, 0.15) is 17.6 Å². The minimum absolute atomic E-state index is 0.0881. The van der Waals surface area contributed by atoms with Gasteiger partial charge in [0.05, 0.1) is 0 Å². The van der Waals surface area contributed by atoms with Crippen LogP contribution in [0.4, 0.5) is 0 Å². The molecule has 2 rings (SSSR count). The number of carboxylic acid groups (broad SMARTS) is 1. The minimum Gasteiger partial charge on any atom is -0.508 e. The first-order chi connectivity index (χ1) is 9.95. The van der Waals surface area contributed by atoms with Crippen molar-refractivity contribution in [1.82, 2.24) is 20.5 Å². The number of carboxylic acids is 1. The smallest absolute Gasteiger partial charge is 0.326 e. The Bertz CT molecular complexity index is 650. The molecule has 0 aliphatic heterocycles. The topological polar surface area (TPSA) is 128 Å². The van der Waals surface area contributed by atoms with E-state index in [1.165, 1.54) is 12.1 Å². The van der Waals surface area contributed by atoms with E-state index in [9.17, 15) is 19.8 Å². The number of nitrogens with zero attached hydrogens (tertiary/aromatic N) is 2. The number of H-pyrrole nitrogens is 1. The molecule has 0 saturated heterocycles. The van der Waals surface area contributed by atoms with Crippen molar-refractivity contribution in [3.8, 4) is 5.75 Å². The molecule has 110 valence electrons. The van der Waals surface area contributed by atoms with E-state index in [4.69, 9.17) is 0 Å². The quantitative estimate of drug-likeness (QED) is 0.624. The molecule has 0 aliphatic carbocycles. The van der Waals surface area contributed by atoms with Crippen LogP contribution in [0.25, 0.3) is 0 Å². The zero-order valence-electron chi connectivity index (χ0n) is 11.2. The van der Waals surface area contributed by atoms with Gasteiger partial charge in [-0.1, -0.05) is 12.1 Å². The van der Waals surface area contributed by atoms with Gasteiger partial charge in [0.2, 0.25) is 5.82 Å². The number of phenolic OH excluding ortho intramolecular Hbond substituents is 1. The molecular formula is C13H14N4O4. The molecule has 8 nitrogen and oxygen atoms in total. The molecule has 2 aromatic rings. The molecule has 0 radical (unpaired) electrons. The fourth-order valence-corrected chi connectivity index (χ4v) is 1.73. The molecule has 1 unspecified atom stereocenters. The molecule has 1 amide bonds. The van der Waals surface area contributed by atoms with Crippen LogP contribution < -0.4 is 5.32 Å². The molecule has 0 fully saturated rings. The minimum atomic E-state index is -1.16. The van der Waals surface area contributed by atoms with Crippen molar-refractivity contribution in [3.05, 3.63) is 41.5 Å². The van der Waals surface area contributed by atoms with Gasteiger partial charge in [0, 0.05) is 6.42 Å². The summed E-state index contributed by atoms with van der Waals surface area (Å²) in [4.78, 5) is 26.9. The van der Waals surface area contributed by atoms with Crippen molar-refractivity contribution >= 4 is 11.9 Å². The standard InChI is InChI=1S/C13H14N4O4/c1-7-14-11(17-16-7)12(19)15-10(13(20)21)6-8-2-4-9(18)5-3-8/h2-5,10,18H,6H2,1H3,(H,15,19)(H,20,21)(H,14,16,17). The summed E-state index contributed by atoms with van der Waals surface area (Å²) in [6.45, 7) is 1.63. The maximum atomic E-state index is 11.9. The molecular weight excluding hydrogens is 276 g/mol. The number of aryl methyl sites for hydroxylation is 1. The molecule has 0 saturated carbocycles. The predicted molar refractivity (Wildman–Crippen MR) is 71.8 cm³/mol. The second-order valence-electron chi connectivity index (χ2n) is 4.48. The van der Waals surface area contributed by atoms with Gasteiger partial charge in [0.15, 0.2) is 0 Å². The third-order valence-electron chi connectivity index (χ3n) is 2.78. The van der Waals surface area contributed by atoms with Crippen LogP contribution in [0.2, 0.25) is 0 Å². The van der Waals surface area contributed by atoms with Gasteiger partial charge in [0.25, 0.3) is 5.91 Å². The third-order valence-corrected chi connectivity index (χ3v) is 2.78. The zero-order valence-corrected chi connectivity index (χ0v) is 11.2. The average Bonchev–Trinajstić information content (AvgIpc) is 2.87. The van der Waals surface area contributed by atoms with Gasteiger partial charge in [-0.2, -0.15) is 0 Å². The number of aromatic nitrogens is 3. The lowest BCUT2D eigenvalue weighted by Crippen LogP contribution is -2.42. The van der Waals surface area contributed by atoms with Crippen molar-refractivity contribution < 1.29 is 19.8 Å². The third kappa shape index (κ3) is 3.78. The maximum Gasteiger partial charge on any atom is 0.326 e. The van der Waals surface area contributed by atoms with Crippen molar-refractivity contribution in [2.75, 3.05) is 0 Å². The molecule has 1 aromatic heterocycles. The second kappa shape index (κ2) is 6.04. The first-order valence-electron chi connectivity index (χ1n) is 6.16. The number of amides is 1. The van der Waals surface area contributed by atoms with Gasteiger partial charge in [-0.05, 0) is 24.6 Å². The SMILES string of the molecule is Cc1nc(C(=O)NC(Cc2ccc(O)cc2)C(=O)O)n[nH]1. The lowest BCUT2D eigenvalue weighted by Gasteiger charge is -2.13. The molecule has 0 aliphatic rings.